The molecule has 1 atom stereocenters. The third-order valence-electron chi connectivity index (χ3n) is 4.97. The summed E-state index contributed by atoms with van der Waals surface area (Å²) in [7, 11) is -2.37. The lowest BCUT2D eigenvalue weighted by molar-refractivity contribution is -0.139. The summed E-state index contributed by atoms with van der Waals surface area (Å²) in [6.07, 6.45) is 1.87. The van der Waals surface area contributed by atoms with Crippen molar-refractivity contribution in [1.29, 1.82) is 0 Å². The number of nitrogens with one attached hydrogen (secondary N) is 1. The second-order valence-electron chi connectivity index (χ2n) is 7.23. The molecule has 0 aliphatic heterocycles. The topological polar surface area (TPSA) is 86.8 Å². The van der Waals surface area contributed by atoms with E-state index in [1.165, 1.54) is 30.1 Å². The van der Waals surface area contributed by atoms with Crippen molar-refractivity contribution >= 4 is 50.7 Å². The van der Waals surface area contributed by atoms with E-state index in [9.17, 15) is 18.0 Å². The van der Waals surface area contributed by atoms with Gasteiger partial charge in [0.05, 0.1) is 17.0 Å². The number of anilines is 1. The fourth-order valence-electron chi connectivity index (χ4n) is 3.33. The molecule has 0 heterocycles. The Labute approximate surface area is 199 Å². The minimum Gasteiger partial charge on any atom is -0.357 e. The van der Waals surface area contributed by atoms with Crippen molar-refractivity contribution in [2.75, 3.05) is 30.7 Å². The first-order chi connectivity index (χ1) is 15.1. The Morgan fingerprint density at radius 3 is 2.31 bits per heavy atom. The number of likely N-dealkylation sites (N-methyl/N-ethyl adjacent to an activating group) is 1. The van der Waals surface area contributed by atoms with Gasteiger partial charge in [0.2, 0.25) is 21.8 Å². The molecule has 32 heavy (non-hydrogen) atoms. The van der Waals surface area contributed by atoms with Gasteiger partial charge in [0, 0.05) is 18.6 Å². The van der Waals surface area contributed by atoms with Crippen LogP contribution in [0.25, 0.3) is 0 Å². The molecule has 2 aromatic carbocycles. The highest BCUT2D eigenvalue weighted by Crippen LogP contribution is 2.30. The Balaban J connectivity index is 2.38. The molecule has 0 unspecified atom stereocenters. The smallest absolute Gasteiger partial charge is 0.244 e. The van der Waals surface area contributed by atoms with Gasteiger partial charge in [-0.25, -0.2) is 8.42 Å². The van der Waals surface area contributed by atoms with Gasteiger partial charge in [-0.05, 0) is 36.6 Å². The largest absolute Gasteiger partial charge is 0.357 e. The van der Waals surface area contributed by atoms with Crippen molar-refractivity contribution in [2.45, 2.75) is 25.8 Å². The molecule has 0 saturated carbocycles. The maximum absolute atomic E-state index is 13.4. The van der Waals surface area contributed by atoms with E-state index in [2.05, 4.69) is 5.32 Å². The lowest BCUT2D eigenvalue weighted by Crippen LogP contribution is -2.52. The normalized spacial score (nSPS) is 12.2. The summed E-state index contributed by atoms with van der Waals surface area (Å²) in [5.41, 5.74) is 1.10. The summed E-state index contributed by atoms with van der Waals surface area (Å²) in [5.74, 6) is -0.835. The molecule has 0 saturated heterocycles. The van der Waals surface area contributed by atoms with Crippen molar-refractivity contribution in [1.82, 2.24) is 10.2 Å². The molecule has 1 N–H and O–H groups in total. The summed E-state index contributed by atoms with van der Waals surface area (Å²) >= 11 is 12.2. The van der Waals surface area contributed by atoms with E-state index < -0.39 is 28.5 Å². The number of carbonyl (C=O) groups is 2. The van der Waals surface area contributed by atoms with Gasteiger partial charge in [-0.3, -0.25) is 13.9 Å². The van der Waals surface area contributed by atoms with E-state index in [-0.39, 0.29) is 28.2 Å². The predicted octanol–water partition coefficient (Wildman–Crippen LogP) is 3.36. The molecule has 0 radical (unpaired) electrons. The van der Waals surface area contributed by atoms with Gasteiger partial charge in [0.25, 0.3) is 0 Å². The van der Waals surface area contributed by atoms with E-state index in [4.69, 9.17) is 23.2 Å². The molecular weight excluding hydrogens is 473 g/mol. The second-order valence-corrected chi connectivity index (χ2v) is 9.98. The average Bonchev–Trinajstić information content (AvgIpc) is 2.76. The summed E-state index contributed by atoms with van der Waals surface area (Å²) in [5, 5.41) is 3.00. The van der Waals surface area contributed by atoms with E-state index in [0.29, 0.717) is 12.8 Å². The number of hydrogen-bond acceptors (Lipinski definition) is 4. The minimum atomic E-state index is -3.87. The van der Waals surface area contributed by atoms with Crippen LogP contribution in [0.15, 0.2) is 48.5 Å². The summed E-state index contributed by atoms with van der Waals surface area (Å²) < 4.78 is 26.0. The Hall–Kier alpha value is -2.29. The number of halogens is 2. The van der Waals surface area contributed by atoms with Gasteiger partial charge in [0.15, 0.2) is 0 Å². The van der Waals surface area contributed by atoms with Crippen molar-refractivity contribution < 1.29 is 18.0 Å². The third kappa shape index (κ3) is 6.85. The molecule has 10 heteroatoms. The summed E-state index contributed by atoms with van der Waals surface area (Å²) in [4.78, 5) is 27.3. The van der Waals surface area contributed by atoms with Gasteiger partial charge in [-0.1, -0.05) is 60.5 Å². The first-order valence-corrected chi connectivity index (χ1v) is 12.7. The minimum absolute atomic E-state index is 0.103. The van der Waals surface area contributed by atoms with Crippen LogP contribution in [0.1, 0.15) is 18.9 Å². The van der Waals surface area contributed by atoms with Gasteiger partial charge in [0.1, 0.15) is 12.6 Å². The van der Waals surface area contributed by atoms with Crippen LogP contribution in [0.3, 0.4) is 0 Å². The van der Waals surface area contributed by atoms with Crippen LogP contribution in [0.5, 0.6) is 0 Å². The van der Waals surface area contributed by atoms with Crippen LogP contribution in [0.4, 0.5) is 5.69 Å². The highest BCUT2D eigenvalue weighted by molar-refractivity contribution is 7.92. The van der Waals surface area contributed by atoms with Crippen molar-refractivity contribution in [3.8, 4) is 0 Å². The van der Waals surface area contributed by atoms with Crippen LogP contribution < -0.4 is 9.62 Å². The molecular formula is C22H27Cl2N3O4S. The number of amides is 2. The van der Waals surface area contributed by atoms with Gasteiger partial charge in [-0.15, -0.1) is 0 Å². The standard InChI is InChI=1S/C22H27Cl2N3O4S/c1-4-19(22(29)25-2)26(13-12-16-8-6-5-7-9-16)21(28)15-27(32(3,30)31)20-14-17(23)10-11-18(20)24/h5-11,14,19H,4,12-13,15H2,1-3H3,(H,25,29)/t19-/m1/s1. The number of carbonyl (C=O) groups excluding carboxylic acids is 2. The molecule has 2 rings (SSSR count). The number of sulfonamides is 1. The summed E-state index contributed by atoms with van der Waals surface area (Å²) in [6.45, 7) is 1.53. The molecule has 0 spiro atoms. The molecule has 0 aliphatic rings. The molecule has 0 bridgehead atoms. The van der Waals surface area contributed by atoms with Crippen molar-refractivity contribution in [2.24, 2.45) is 0 Å². The van der Waals surface area contributed by atoms with Gasteiger partial charge < -0.3 is 10.2 Å². The Morgan fingerprint density at radius 2 is 1.75 bits per heavy atom. The number of benzene rings is 2. The fourth-order valence-corrected chi connectivity index (χ4v) is 4.62. The number of hydrogen-bond donors (Lipinski definition) is 1. The quantitative estimate of drug-likeness (QED) is 0.542. The highest BCUT2D eigenvalue weighted by Gasteiger charge is 2.31. The van der Waals surface area contributed by atoms with E-state index in [1.54, 1.807) is 6.92 Å². The predicted molar refractivity (Wildman–Crippen MR) is 129 cm³/mol. The lowest BCUT2D eigenvalue weighted by Gasteiger charge is -2.32. The number of rotatable bonds is 10. The zero-order valence-electron chi connectivity index (χ0n) is 18.2. The molecule has 7 nitrogen and oxygen atoms in total. The van der Waals surface area contributed by atoms with Crippen molar-refractivity contribution in [3.05, 3.63) is 64.1 Å². The van der Waals surface area contributed by atoms with Crippen LogP contribution in [-0.4, -0.2) is 57.6 Å². The summed E-state index contributed by atoms with van der Waals surface area (Å²) in [6, 6.07) is 13.2. The molecule has 0 aliphatic carbocycles. The SMILES string of the molecule is CC[C@H](C(=O)NC)N(CCc1ccccc1)C(=O)CN(c1cc(Cl)ccc1Cl)S(C)(=O)=O. The average molecular weight is 500 g/mol. The van der Waals surface area contributed by atoms with E-state index >= 15 is 0 Å². The van der Waals surface area contributed by atoms with Gasteiger partial charge in [-0.2, -0.15) is 0 Å². The first kappa shape index (κ1) is 26.0. The Bertz CT molecular complexity index is 1050. The van der Waals surface area contributed by atoms with E-state index in [0.717, 1.165) is 16.1 Å². The monoisotopic (exact) mass is 499 g/mol. The second kappa shape index (κ2) is 11.5. The van der Waals surface area contributed by atoms with Crippen LogP contribution in [-0.2, 0) is 26.0 Å². The third-order valence-corrected chi connectivity index (χ3v) is 6.65. The lowest BCUT2D eigenvalue weighted by atomic mass is 10.1. The van der Waals surface area contributed by atoms with Crippen LogP contribution in [0.2, 0.25) is 10.0 Å². The van der Waals surface area contributed by atoms with Crippen LogP contribution in [0, 0.1) is 0 Å². The highest BCUT2D eigenvalue weighted by atomic mass is 35.5. The number of nitrogens with zero attached hydrogens (tertiary/aromatic N) is 2. The van der Waals surface area contributed by atoms with Crippen molar-refractivity contribution in [3.63, 3.8) is 0 Å². The van der Waals surface area contributed by atoms with Gasteiger partial charge >= 0.3 is 0 Å². The molecule has 174 valence electrons. The van der Waals surface area contributed by atoms with E-state index in [1.807, 2.05) is 30.3 Å². The molecule has 0 fully saturated rings. The molecule has 0 aromatic heterocycles. The molecule has 2 aromatic rings. The van der Waals surface area contributed by atoms with Crippen LogP contribution >= 0.6 is 23.2 Å². The Morgan fingerprint density at radius 1 is 1.09 bits per heavy atom. The zero-order valence-corrected chi connectivity index (χ0v) is 20.5. The maximum Gasteiger partial charge on any atom is 0.244 e. The first-order valence-electron chi connectivity index (χ1n) is 10.1. The maximum atomic E-state index is 13.4. The zero-order chi connectivity index (χ0) is 23.9. The fraction of sp³-hybridized carbons (Fsp3) is 0.364. The Kier molecular flexibility index (Phi) is 9.36. The molecule has 2 amide bonds.